The zero-order chi connectivity index (χ0) is 23.6. The van der Waals surface area contributed by atoms with E-state index in [4.69, 9.17) is 0 Å². The van der Waals surface area contributed by atoms with Crippen LogP contribution in [0.15, 0.2) is 110 Å². The first-order chi connectivity index (χ1) is 17.9. The molecule has 0 atom stereocenters. The SMILES string of the molecule is c1ccc2c(c1)B1c3ccccc3-c3ccc(-n4nccn4)cc3N1c1cc(-n3nccn3)ccc1-2. The van der Waals surface area contributed by atoms with Gasteiger partial charge in [-0.2, -0.15) is 30.0 Å². The molecular weight excluding hydrogens is 445 g/mol. The van der Waals surface area contributed by atoms with Gasteiger partial charge in [-0.3, -0.25) is 0 Å². The molecule has 0 amide bonds. The molecule has 0 N–H and O–H groups in total. The lowest BCUT2D eigenvalue weighted by Crippen LogP contribution is -2.59. The lowest BCUT2D eigenvalue weighted by molar-refractivity contribution is 0.751. The van der Waals surface area contributed by atoms with Crippen LogP contribution in [0, 0.1) is 0 Å². The van der Waals surface area contributed by atoms with Gasteiger partial charge in [-0.05, 0) is 46.3 Å². The third kappa shape index (κ3) is 2.63. The highest BCUT2D eigenvalue weighted by Crippen LogP contribution is 2.46. The van der Waals surface area contributed by atoms with E-state index in [1.807, 2.05) is 0 Å². The Morgan fingerprint density at radius 3 is 1.39 bits per heavy atom. The van der Waals surface area contributed by atoms with Crippen molar-refractivity contribution in [3.05, 3.63) is 110 Å². The van der Waals surface area contributed by atoms with Crippen LogP contribution in [0.3, 0.4) is 0 Å². The first-order valence-corrected chi connectivity index (χ1v) is 11.9. The number of rotatable bonds is 2. The predicted octanol–water partition coefficient (Wildman–Crippen LogP) is 3.75. The van der Waals surface area contributed by atoms with E-state index in [2.05, 4.69) is 110 Å². The van der Waals surface area contributed by atoms with E-state index >= 15 is 0 Å². The molecule has 0 spiro atoms. The van der Waals surface area contributed by atoms with Gasteiger partial charge in [-0.25, -0.2) is 0 Å². The molecule has 0 fully saturated rings. The Bertz CT molecular complexity index is 1630. The van der Waals surface area contributed by atoms with Crippen molar-refractivity contribution >= 4 is 29.1 Å². The van der Waals surface area contributed by atoms with Crippen LogP contribution in [-0.4, -0.2) is 36.8 Å². The lowest BCUT2D eigenvalue weighted by Gasteiger charge is -2.43. The summed E-state index contributed by atoms with van der Waals surface area (Å²) in [5.41, 5.74) is 11.5. The van der Waals surface area contributed by atoms with Crippen molar-refractivity contribution in [2.45, 2.75) is 0 Å². The molecule has 8 heteroatoms. The number of aromatic nitrogens is 6. The first-order valence-electron chi connectivity index (χ1n) is 11.9. The maximum absolute atomic E-state index is 4.38. The molecule has 0 saturated carbocycles. The Kier molecular flexibility index (Phi) is 3.90. The van der Waals surface area contributed by atoms with E-state index in [1.165, 1.54) is 33.2 Å². The minimum absolute atomic E-state index is 0.0269. The largest absolute Gasteiger partial charge is 0.376 e. The third-order valence-corrected chi connectivity index (χ3v) is 7.13. The van der Waals surface area contributed by atoms with Crippen molar-refractivity contribution in [2.24, 2.45) is 0 Å². The van der Waals surface area contributed by atoms with Crippen LogP contribution < -0.4 is 15.7 Å². The Balaban J connectivity index is 1.46. The Morgan fingerprint density at radius 2 is 0.917 bits per heavy atom. The number of benzene rings is 4. The van der Waals surface area contributed by atoms with E-state index < -0.39 is 0 Å². The molecule has 168 valence electrons. The third-order valence-electron chi connectivity index (χ3n) is 7.13. The average molecular weight is 463 g/mol. The van der Waals surface area contributed by atoms with Gasteiger partial charge in [0, 0.05) is 22.5 Å². The predicted molar refractivity (Wildman–Crippen MR) is 141 cm³/mol. The topological polar surface area (TPSA) is 64.7 Å². The molecule has 0 bridgehead atoms. The van der Waals surface area contributed by atoms with Gasteiger partial charge in [0.2, 0.25) is 0 Å². The summed E-state index contributed by atoms with van der Waals surface area (Å²) < 4.78 is 0. The molecule has 36 heavy (non-hydrogen) atoms. The van der Waals surface area contributed by atoms with Crippen molar-refractivity contribution in [3.63, 3.8) is 0 Å². The van der Waals surface area contributed by atoms with Crippen molar-refractivity contribution in [1.82, 2.24) is 30.0 Å². The summed E-state index contributed by atoms with van der Waals surface area (Å²) in [6.07, 6.45) is 6.81. The van der Waals surface area contributed by atoms with Gasteiger partial charge in [0.25, 0.3) is 0 Å². The van der Waals surface area contributed by atoms with Crippen LogP contribution in [0.1, 0.15) is 0 Å². The van der Waals surface area contributed by atoms with Crippen LogP contribution in [0.5, 0.6) is 0 Å². The van der Waals surface area contributed by atoms with Crippen molar-refractivity contribution in [1.29, 1.82) is 0 Å². The molecular formula is C28H18BN7. The average Bonchev–Trinajstić information content (AvgIpc) is 3.67. The van der Waals surface area contributed by atoms with E-state index in [-0.39, 0.29) is 6.85 Å². The van der Waals surface area contributed by atoms with Crippen molar-refractivity contribution in [2.75, 3.05) is 4.81 Å². The van der Waals surface area contributed by atoms with E-state index in [0.29, 0.717) is 0 Å². The second-order valence-corrected chi connectivity index (χ2v) is 8.99. The summed E-state index contributed by atoms with van der Waals surface area (Å²) >= 11 is 0. The maximum Gasteiger partial charge on any atom is 0.329 e. The molecule has 6 aromatic rings. The van der Waals surface area contributed by atoms with Gasteiger partial charge in [0.15, 0.2) is 0 Å². The van der Waals surface area contributed by atoms with E-state index in [0.717, 1.165) is 22.7 Å². The fraction of sp³-hybridized carbons (Fsp3) is 0. The number of nitrogens with zero attached hydrogens (tertiary/aromatic N) is 7. The van der Waals surface area contributed by atoms with Gasteiger partial charge in [-0.15, -0.1) is 0 Å². The summed E-state index contributed by atoms with van der Waals surface area (Å²) in [6, 6.07) is 30.3. The quantitative estimate of drug-likeness (QED) is 0.366. The second kappa shape index (κ2) is 7.26. The van der Waals surface area contributed by atoms with Crippen LogP contribution in [0.4, 0.5) is 11.4 Å². The highest BCUT2D eigenvalue weighted by Gasteiger charge is 2.42. The van der Waals surface area contributed by atoms with Crippen molar-refractivity contribution in [3.8, 4) is 33.6 Å². The van der Waals surface area contributed by atoms with Crippen LogP contribution in [0.2, 0.25) is 0 Å². The first kappa shape index (κ1) is 19.3. The summed E-state index contributed by atoms with van der Waals surface area (Å²) in [6.45, 7) is 0.0269. The molecule has 0 saturated heterocycles. The van der Waals surface area contributed by atoms with Gasteiger partial charge < -0.3 is 4.81 Å². The number of anilines is 2. The normalized spacial score (nSPS) is 12.9. The van der Waals surface area contributed by atoms with E-state index in [9.17, 15) is 0 Å². The molecule has 4 heterocycles. The zero-order valence-electron chi connectivity index (χ0n) is 19.1. The highest BCUT2D eigenvalue weighted by atomic mass is 15.5. The molecule has 0 aliphatic carbocycles. The monoisotopic (exact) mass is 463 g/mol. The van der Waals surface area contributed by atoms with Crippen LogP contribution in [0.25, 0.3) is 33.6 Å². The Hall–Kier alpha value is -4.98. The molecule has 0 unspecified atom stereocenters. The molecule has 8 rings (SSSR count). The Labute approximate surface area is 207 Å². The standard InChI is InChI=1S/C28H18BN7/c1-3-7-25-21(5-1)23-11-9-19(35-30-13-14-31-35)17-27(23)34-28-18-20(36-32-15-16-33-36)10-12-24(28)22-6-2-4-8-26(22)29(25)34/h1-18H. The molecule has 7 nitrogen and oxygen atoms in total. The second-order valence-electron chi connectivity index (χ2n) is 8.99. The molecule has 2 aromatic heterocycles. The van der Waals surface area contributed by atoms with Crippen molar-refractivity contribution < 1.29 is 0 Å². The van der Waals surface area contributed by atoms with Crippen LogP contribution in [-0.2, 0) is 0 Å². The molecule has 2 aliphatic heterocycles. The summed E-state index contributed by atoms with van der Waals surface area (Å²) in [7, 11) is 0. The fourth-order valence-corrected chi connectivity index (χ4v) is 5.66. The number of fused-ring (bicyclic) bond motifs is 11. The molecule has 0 radical (unpaired) electrons. The van der Waals surface area contributed by atoms with Gasteiger partial charge in [0.05, 0.1) is 36.2 Å². The smallest absolute Gasteiger partial charge is 0.329 e. The molecule has 4 aromatic carbocycles. The summed E-state index contributed by atoms with van der Waals surface area (Å²) in [4.78, 5) is 5.78. The number of hydrogen-bond donors (Lipinski definition) is 0. The lowest BCUT2D eigenvalue weighted by atomic mass is 9.43. The van der Waals surface area contributed by atoms with Gasteiger partial charge in [0.1, 0.15) is 0 Å². The Morgan fingerprint density at radius 1 is 0.472 bits per heavy atom. The minimum atomic E-state index is 0.0269. The number of hydrogen-bond acceptors (Lipinski definition) is 5. The highest BCUT2D eigenvalue weighted by molar-refractivity contribution is 6.92. The summed E-state index contributed by atoms with van der Waals surface area (Å²) in [5.74, 6) is 0. The fourth-order valence-electron chi connectivity index (χ4n) is 5.66. The van der Waals surface area contributed by atoms with Crippen LogP contribution >= 0.6 is 0 Å². The molecule has 2 aliphatic rings. The maximum atomic E-state index is 4.38. The van der Waals surface area contributed by atoms with E-state index in [1.54, 1.807) is 34.4 Å². The summed E-state index contributed by atoms with van der Waals surface area (Å²) in [5, 5.41) is 17.5. The minimum Gasteiger partial charge on any atom is -0.376 e. The van der Waals surface area contributed by atoms with Gasteiger partial charge >= 0.3 is 6.85 Å². The zero-order valence-corrected chi connectivity index (χ0v) is 19.1. The van der Waals surface area contributed by atoms with Gasteiger partial charge in [-0.1, -0.05) is 60.7 Å².